The van der Waals surface area contributed by atoms with Gasteiger partial charge in [0.2, 0.25) is 11.8 Å². The second-order valence-corrected chi connectivity index (χ2v) is 12.9. The number of hydrogen-bond donors (Lipinski definition) is 1. The van der Waals surface area contributed by atoms with Crippen molar-refractivity contribution in [3.05, 3.63) is 89.7 Å². The molecular weight excluding hydrogens is 557 g/mol. The summed E-state index contributed by atoms with van der Waals surface area (Å²) in [6.45, 7) is 11.0. The van der Waals surface area contributed by atoms with Crippen molar-refractivity contribution in [3.8, 4) is 5.75 Å². The monoisotopic (exact) mass is 597 g/mol. The third-order valence-electron chi connectivity index (χ3n) is 6.44. The van der Waals surface area contributed by atoms with Crippen LogP contribution in [0.3, 0.4) is 0 Å². The molecule has 0 aliphatic heterocycles. The van der Waals surface area contributed by atoms with Gasteiger partial charge in [-0.25, -0.2) is 12.8 Å². The van der Waals surface area contributed by atoms with Crippen molar-refractivity contribution in [2.24, 2.45) is 0 Å². The zero-order chi connectivity index (χ0) is 31.1. The predicted molar refractivity (Wildman–Crippen MR) is 162 cm³/mol. The van der Waals surface area contributed by atoms with Gasteiger partial charge in [0.25, 0.3) is 10.0 Å². The van der Waals surface area contributed by atoms with E-state index in [2.05, 4.69) is 5.32 Å². The molecule has 3 aromatic rings. The van der Waals surface area contributed by atoms with Crippen LogP contribution in [0.4, 0.5) is 10.1 Å². The summed E-state index contributed by atoms with van der Waals surface area (Å²) in [7, 11) is -4.28. The first-order valence-electron chi connectivity index (χ1n) is 13.9. The highest BCUT2D eigenvalue weighted by Gasteiger charge is 2.34. The van der Waals surface area contributed by atoms with Crippen molar-refractivity contribution in [2.75, 3.05) is 17.5 Å². The molecule has 0 saturated heterocycles. The van der Waals surface area contributed by atoms with Crippen LogP contribution in [-0.4, -0.2) is 49.9 Å². The number of nitrogens with one attached hydrogen (secondary N) is 1. The average Bonchev–Trinajstić information content (AvgIpc) is 2.91. The molecule has 2 amide bonds. The highest BCUT2D eigenvalue weighted by Crippen LogP contribution is 2.26. The van der Waals surface area contributed by atoms with Crippen LogP contribution >= 0.6 is 0 Å². The third kappa shape index (κ3) is 8.55. The van der Waals surface area contributed by atoms with Crippen molar-refractivity contribution in [1.29, 1.82) is 0 Å². The van der Waals surface area contributed by atoms with E-state index in [1.807, 2.05) is 58.9 Å². The number of anilines is 1. The lowest BCUT2D eigenvalue weighted by atomic mass is 10.0. The Morgan fingerprint density at radius 1 is 0.976 bits per heavy atom. The van der Waals surface area contributed by atoms with Gasteiger partial charge in [0.05, 0.1) is 17.2 Å². The van der Waals surface area contributed by atoms with Gasteiger partial charge >= 0.3 is 0 Å². The van der Waals surface area contributed by atoms with Gasteiger partial charge < -0.3 is 15.0 Å². The molecule has 0 bridgehead atoms. The van der Waals surface area contributed by atoms with Crippen molar-refractivity contribution in [2.45, 2.75) is 71.0 Å². The first kappa shape index (κ1) is 32.6. The van der Waals surface area contributed by atoms with Crippen LogP contribution in [0.15, 0.2) is 77.7 Å². The normalized spacial score (nSPS) is 12.4. The van der Waals surface area contributed by atoms with Crippen LogP contribution in [-0.2, 0) is 26.2 Å². The maximum Gasteiger partial charge on any atom is 0.264 e. The molecule has 0 aliphatic rings. The Labute approximate surface area is 248 Å². The molecule has 10 heteroatoms. The highest BCUT2D eigenvalue weighted by atomic mass is 32.2. The number of carbonyl (C=O) groups is 2. The summed E-state index contributed by atoms with van der Waals surface area (Å²) in [5, 5.41) is 2.95. The highest BCUT2D eigenvalue weighted by molar-refractivity contribution is 7.92. The molecule has 0 radical (unpaired) electrons. The molecule has 8 nitrogen and oxygen atoms in total. The molecule has 1 N–H and O–H groups in total. The zero-order valence-corrected chi connectivity index (χ0v) is 25.9. The summed E-state index contributed by atoms with van der Waals surface area (Å²) in [5.74, 6) is -0.963. The fraction of sp³-hybridized carbons (Fsp3) is 0.375. The Bertz CT molecular complexity index is 1470. The fourth-order valence-electron chi connectivity index (χ4n) is 4.52. The number of halogens is 1. The molecule has 3 aromatic carbocycles. The summed E-state index contributed by atoms with van der Waals surface area (Å²) in [5.41, 5.74) is 1.35. The molecular formula is C32H40FN3O5S. The minimum Gasteiger partial charge on any atom is -0.494 e. The van der Waals surface area contributed by atoms with Crippen molar-refractivity contribution < 1.29 is 27.1 Å². The molecule has 226 valence electrons. The summed E-state index contributed by atoms with van der Waals surface area (Å²) in [4.78, 5) is 28.9. The quantitative estimate of drug-likeness (QED) is 0.300. The zero-order valence-electron chi connectivity index (χ0n) is 25.1. The summed E-state index contributed by atoms with van der Waals surface area (Å²) < 4.78 is 48.1. The van der Waals surface area contributed by atoms with Crippen LogP contribution in [0, 0.1) is 12.7 Å². The van der Waals surface area contributed by atoms with E-state index in [4.69, 9.17) is 4.74 Å². The molecule has 0 aliphatic carbocycles. The van der Waals surface area contributed by atoms with E-state index in [0.29, 0.717) is 18.8 Å². The van der Waals surface area contributed by atoms with Gasteiger partial charge in [-0.15, -0.1) is 0 Å². The van der Waals surface area contributed by atoms with Crippen molar-refractivity contribution in [1.82, 2.24) is 10.2 Å². The average molecular weight is 598 g/mol. The Morgan fingerprint density at radius 3 is 2.17 bits per heavy atom. The van der Waals surface area contributed by atoms with Crippen LogP contribution in [0.25, 0.3) is 0 Å². The van der Waals surface area contributed by atoms with Crippen LogP contribution in [0.5, 0.6) is 5.75 Å². The molecule has 0 spiro atoms. The number of sulfonamides is 1. The van der Waals surface area contributed by atoms with E-state index in [9.17, 15) is 22.4 Å². The van der Waals surface area contributed by atoms with Gasteiger partial charge in [-0.05, 0) is 95.1 Å². The number of hydrogen-bond acceptors (Lipinski definition) is 5. The van der Waals surface area contributed by atoms with Crippen LogP contribution in [0.1, 0.15) is 52.2 Å². The van der Waals surface area contributed by atoms with E-state index in [0.717, 1.165) is 27.6 Å². The van der Waals surface area contributed by atoms with Gasteiger partial charge in [-0.2, -0.15) is 0 Å². The van der Waals surface area contributed by atoms with Gasteiger partial charge in [-0.3, -0.25) is 13.9 Å². The first-order chi connectivity index (χ1) is 19.7. The molecule has 0 saturated carbocycles. The number of rotatable bonds is 12. The number of nitrogens with zero attached hydrogens (tertiary/aromatic N) is 2. The SMILES string of the molecule is CCOc1ccc(S(=O)(=O)N(CC(=O)N(Cc2cccc(C)c2)C(CC)C(=O)NC(C)(C)C)c2ccc(F)cc2)cc1. The smallest absolute Gasteiger partial charge is 0.264 e. The van der Waals surface area contributed by atoms with Crippen molar-refractivity contribution >= 4 is 27.5 Å². The lowest BCUT2D eigenvalue weighted by Gasteiger charge is -2.34. The molecule has 0 heterocycles. The number of carbonyl (C=O) groups excluding carboxylic acids is 2. The molecule has 0 fully saturated rings. The second-order valence-electron chi connectivity index (χ2n) is 11.1. The summed E-state index contributed by atoms with van der Waals surface area (Å²) >= 11 is 0. The van der Waals surface area contributed by atoms with E-state index in [1.165, 1.54) is 41.3 Å². The topological polar surface area (TPSA) is 96.0 Å². The predicted octanol–water partition coefficient (Wildman–Crippen LogP) is 5.45. The number of ether oxygens (including phenoxy) is 1. The first-order valence-corrected chi connectivity index (χ1v) is 15.4. The summed E-state index contributed by atoms with van der Waals surface area (Å²) in [6.07, 6.45) is 0.307. The van der Waals surface area contributed by atoms with Crippen LogP contribution < -0.4 is 14.4 Å². The van der Waals surface area contributed by atoms with Crippen LogP contribution in [0.2, 0.25) is 0 Å². The molecule has 1 atom stereocenters. The van der Waals surface area contributed by atoms with Gasteiger partial charge in [-0.1, -0.05) is 36.8 Å². The molecule has 3 rings (SSSR count). The minimum absolute atomic E-state index is 0.0640. The van der Waals surface area contributed by atoms with Gasteiger partial charge in [0.15, 0.2) is 0 Å². The van der Waals surface area contributed by atoms with E-state index < -0.39 is 39.9 Å². The standard InChI is InChI=1S/C32H40FN3O5S/c1-7-29(31(38)34-32(4,5)6)35(21-24-11-9-10-23(3)20-24)30(37)22-36(26-14-12-25(33)13-15-26)42(39,40)28-18-16-27(17-19-28)41-8-2/h9-20,29H,7-8,21-22H2,1-6H3,(H,34,38). The second kappa shape index (κ2) is 13.8. The lowest BCUT2D eigenvalue weighted by molar-refractivity contribution is -0.141. The van der Waals surface area contributed by atoms with E-state index >= 15 is 0 Å². The Kier molecular flexibility index (Phi) is 10.7. The third-order valence-corrected chi connectivity index (χ3v) is 8.22. The minimum atomic E-state index is -4.28. The summed E-state index contributed by atoms with van der Waals surface area (Å²) in [6, 6.07) is 17.5. The molecule has 1 unspecified atom stereocenters. The number of amides is 2. The number of aryl methyl sites for hydroxylation is 1. The maximum atomic E-state index is 14.1. The van der Waals surface area contributed by atoms with E-state index in [-0.39, 0.29) is 23.0 Å². The van der Waals surface area contributed by atoms with Gasteiger partial charge in [0.1, 0.15) is 24.2 Å². The number of benzene rings is 3. The molecule has 42 heavy (non-hydrogen) atoms. The lowest BCUT2D eigenvalue weighted by Crippen LogP contribution is -2.55. The van der Waals surface area contributed by atoms with Gasteiger partial charge in [0, 0.05) is 12.1 Å². The Balaban J connectivity index is 2.06. The maximum absolute atomic E-state index is 14.1. The Morgan fingerprint density at radius 2 is 1.62 bits per heavy atom. The van der Waals surface area contributed by atoms with E-state index in [1.54, 1.807) is 6.92 Å². The molecule has 0 aromatic heterocycles. The largest absolute Gasteiger partial charge is 0.494 e. The Hall–Kier alpha value is -3.92. The van der Waals surface area contributed by atoms with Crippen molar-refractivity contribution in [3.63, 3.8) is 0 Å². The fourth-order valence-corrected chi connectivity index (χ4v) is 5.93.